The number of nitrogens with one attached hydrogen (secondary N) is 1. The molecule has 1 saturated heterocycles. The SMILES string of the molecule is COc1ccc(C[C@H](N)C(=O)N[C@H]2[C@@H](O)[C@@H](n3cnc4c(N)ncnc43)O[C@@H]2C(=O)O)cc1.Cl.Cl.O. The number of hydrogen-bond donors (Lipinski definition) is 5. The first-order valence-corrected chi connectivity index (χ1v) is 9.98. The highest BCUT2D eigenvalue weighted by molar-refractivity contribution is 5.86. The molecule has 1 fully saturated rings. The van der Waals surface area contributed by atoms with Crippen molar-refractivity contribution in [1.29, 1.82) is 0 Å². The molecule has 4 rings (SSSR count). The fraction of sp³-hybridized carbons (Fsp3) is 0.350. The first kappa shape index (κ1) is 30.8. The van der Waals surface area contributed by atoms with Crippen LogP contribution in [-0.2, 0) is 20.7 Å². The first-order chi connectivity index (χ1) is 15.8. The zero-order valence-corrected chi connectivity index (χ0v) is 20.5. The number of nitrogens with zero attached hydrogens (tertiary/aromatic N) is 4. The predicted octanol–water partition coefficient (Wildman–Crippen LogP) is -1.17. The highest BCUT2D eigenvalue weighted by atomic mass is 35.5. The van der Waals surface area contributed by atoms with Crippen LogP contribution < -0.4 is 21.5 Å². The lowest BCUT2D eigenvalue weighted by molar-refractivity contribution is -0.152. The van der Waals surface area contributed by atoms with Gasteiger partial charge in [0.1, 0.15) is 23.7 Å². The molecule has 0 radical (unpaired) electrons. The lowest BCUT2D eigenvalue weighted by Crippen LogP contribution is -2.54. The lowest BCUT2D eigenvalue weighted by Gasteiger charge is -2.22. The maximum atomic E-state index is 12.7. The number of halogens is 2. The molecule has 1 aliphatic rings. The average Bonchev–Trinajstić information content (AvgIpc) is 3.36. The molecule has 14 nitrogen and oxygen atoms in total. The number of aromatic nitrogens is 4. The highest BCUT2D eigenvalue weighted by Gasteiger charge is 2.49. The van der Waals surface area contributed by atoms with Crippen molar-refractivity contribution in [2.24, 2.45) is 5.73 Å². The second-order valence-corrected chi connectivity index (χ2v) is 7.55. The van der Waals surface area contributed by atoms with Gasteiger partial charge in [-0.1, -0.05) is 12.1 Å². The summed E-state index contributed by atoms with van der Waals surface area (Å²) in [4.78, 5) is 36.5. The van der Waals surface area contributed by atoms with Gasteiger partial charge in [0.05, 0.1) is 25.5 Å². The summed E-state index contributed by atoms with van der Waals surface area (Å²) in [6, 6.07) is 4.77. The molecule has 0 bridgehead atoms. The molecule has 2 aromatic heterocycles. The summed E-state index contributed by atoms with van der Waals surface area (Å²) in [5, 5.41) is 23.0. The van der Waals surface area contributed by atoms with Crippen LogP contribution >= 0.6 is 24.8 Å². The van der Waals surface area contributed by atoms with E-state index in [1.54, 1.807) is 31.4 Å². The van der Waals surface area contributed by atoms with Crippen LogP contribution in [0.15, 0.2) is 36.9 Å². The maximum Gasteiger partial charge on any atom is 0.335 e. The fourth-order valence-electron chi connectivity index (χ4n) is 3.71. The molecule has 5 atom stereocenters. The largest absolute Gasteiger partial charge is 0.497 e. The monoisotopic (exact) mass is 547 g/mol. The van der Waals surface area contributed by atoms with Gasteiger partial charge in [-0.05, 0) is 24.1 Å². The van der Waals surface area contributed by atoms with E-state index in [1.165, 1.54) is 17.2 Å². The number of amides is 1. The van der Waals surface area contributed by atoms with Gasteiger partial charge in [-0.3, -0.25) is 9.36 Å². The van der Waals surface area contributed by atoms with Crippen LogP contribution in [0, 0.1) is 0 Å². The average molecular weight is 548 g/mol. The number of carbonyl (C=O) groups excluding carboxylic acids is 1. The second kappa shape index (κ2) is 12.6. The van der Waals surface area contributed by atoms with E-state index in [1.807, 2.05) is 0 Å². The Bertz CT molecular complexity index is 1180. The van der Waals surface area contributed by atoms with Crippen molar-refractivity contribution in [1.82, 2.24) is 24.8 Å². The van der Waals surface area contributed by atoms with Gasteiger partial charge in [0, 0.05) is 0 Å². The number of nitrogen functional groups attached to an aromatic ring is 1. The second-order valence-electron chi connectivity index (χ2n) is 7.55. The van der Waals surface area contributed by atoms with Gasteiger partial charge >= 0.3 is 5.97 Å². The number of fused-ring (bicyclic) bond motifs is 1. The predicted molar refractivity (Wildman–Crippen MR) is 132 cm³/mol. The standard InChI is InChI=1S/C20H23N7O6.2ClH.H2O/c1-32-10-4-2-9(3-5-10)6-11(21)18(29)26-12-14(28)19(33-15(12)20(30)31)27-8-25-13-16(22)23-7-24-17(13)27;;;/h2-5,7-8,11-12,14-15,19,28H,6,21H2,1H3,(H,26,29)(H,30,31)(H2,22,23,24);2*1H;1H2/t11-,12-,14+,15-,19-;;;/m0.../s1. The normalized spacial score (nSPS) is 21.4. The summed E-state index contributed by atoms with van der Waals surface area (Å²) in [7, 11) is 1.55. The number of methoxy groups -OCH3 is 1. The molecule has 36 heavy (non-hydrogen) atoms. The third-order valence-corrected chi connectivity index (χ3v) is 5.44. The fourth-order valence-corrected chi connectivity index (χ4v) is 3.71. The highest BCUT2D eigenvalue weighted by Crippen LogP contribution is 2.32. The Kier molecular flexibility index (Phi) is 10.8. The summed E-state index contributed by atoms with van der Waals surface area (Å²) in [6.07, 6.45) is -1.43. The van der Waals surface area contributed by atoms with Gasteiger partial charge in [-0.2, -0.15) is 0 Å². The van der Waals surface area contributed by atoms with E-state index < -0.39 is 42.4 Å². The van der Waals surface area contributed by atoms with E-state index in [0.717, 1.165) is 5.56 Å². The van der Waals surface area contributed by atoms with E-state index >= 15 is 0 Å². The van der Waals surface area contributed by atoms with Gasteiger partial charge in [-0.15, -0.1) is 24.8 Å². The molecule has 16 heteroatoms. The van der Waals surface area contributed by atoms with Crippen LogP contribution in [0.4, 0.5) is 5.82 Å². The number of carboxylic acids is 1. The topological polar surface area (TPSA) is 232 Å². The number of aliphatic carboxylic acids is 1. The minimum atomic E-state index is -1.53. The molecule has 0 saturated carbocycles. The van der Waals surface area contributed by atoms with E-state index in [9.17, 15) is 19.8 Å². The number of hydrogen-bond acceptors (Lipinski definition) is 10. The van der Waals surface area contributed by atoms with Crippen molar-refractivity contribution in [2.75, 3.05) is 12.8 Å². The van der Waals surface area contributed by atoms with Gasteiger partial charge < -0.3 is 41.9 Å². The Labute approximate surface area is 217 Å². The van der Waals surface area contributed by atoms with Gasteiger partial charge in [0.15, 0.2) is 23.8 Å². The zero-order chi connectivity index (χ0) is 23.7. The lowest BCUT2D eigenvalue weighted by atomic mass is 10.0. The molecule has 1 aromatic carbocycles. The minimum Gasteiger partial charge on any atom is -0.497 e. The van der Waals surface area contributed by atoms with Crippen LogP contribution in [0.3, 0.4) is 0 Å². The van der Waals surface area contributed by atoms with Crippen molar-refractivity contribution in [3.05, 3.63) is 42.5 Å². The minimum absolute atomic E-state index is 0. The van der Waals surface area contributed by atoms with Crippen molar-refractivity contribution in [3.8, 4) is 5.75 Å². The molecule has 0 aliphatic carbocycles. The number of nitrogens with two attached hydrogens (primary N) is 2. The van der Waals surface area contributed by atoms with Gasteiger partial charge in [0.2, 0.25) is 5.91 Å². The van der Waals surface area contributed by atoms with E-state index in [4.69, 9.17) is 20.9 Å². The van der Waals surface area contributed by atoms with Gasteiger partial charge in [-0.25, -0.2) is 19.7 Å². The Morgan fingerprint density at radius 1 is 1.22 bits per heavy atom. The van der Waals surface area contributed by atoms with Crippen LogP contribution in [0.25, 0.3) is 11.2 Å². The number of carbonyl (C=O) groups is 2. The van der Waals surface area contributed by atoms with E-state index in [2.05, 4.69) is 20.3 Å². The first-order valence-electron chi connectivity index (χ1n) is 9.98. The van der Waals surface area contributed by atoms with Crippen LogP contribution in [-0.4, -0.2) is 78.5 Å². The number of rotatable bonds is 7. The summed E-state index contributed by atoms with van der Waals surface area (Å²) >= 11 is 0. The van der Waals surface area contributed by atoms with Crippen molar-refractivity contribution in [3.63, 3.8) is 0 Å². The molecular formula is C20H27Cl2N7O7. The Hall–Kier alpha value is -3.27. The Morgan fingerprint density at radius 2 is 1.89 bits per heavy atom. The maximum absolute atomic E-state index is 12.7. The molecule has 3 aromatic rings. The quantitative estimate of drug-likeness (QED) is 0.236. The Morgan fingerprint density at radius 3 is 2.50 bits per heavy atom. The number of imidazole rings is 1. The van der Waals surface area contributed by atoms with Crippen LogP contribution in [0.2, 0.25) is 0 Å². The molecule has 3 heterocycles. The van der Waals surface area contributed by atoms with Crippen molar-refractivity contribution in [2.45, 2.75) is 36.9 Å². The zero-order valence-electron chi connectivity index (χ0n) is 18.8. The summed E-state index contributed by atoms with van der Waals surface area (Å²) in [6.45, 7) is 0. The van der Waals surface area contributed by atoms with Gasteiger partial charge in [0.25, 0.3) is 0 Å². The van der Waals surface area contributed by atoms with Crippen molar-refractivity contribution < 1.29 is 34.8 Å². The number of carboxylic acid groups (broad SMARTS) is 1. The molecule has 1 amide bonds. The molecular weight excluding hydrogens is 521 g/mol. The summed E-state index contributed by atoms with van der Waals surface area (Å²) in [5.41, 5.74) is 13.1. The number of ether oxygens (including phenoxy) is 2. The molecule has 0 spiro atoms. The molecule has 1 aliphatic heterocycles. The third kappa shape index (κ3) is 5.92. The molecule has 198 valence electrons. The number of aliphatic hydroxyl groups is 1. The number of benzene rings is 1. The summed E-state index contributed by atoms with van der Waals surface area (Å²) < 4.78 is 12.0. The number of aliphatic hydroxyl groups excluding tert-OH is 1. The number of anilines is 1. The molecule has 9 N–H and O–H groups in total. The van der Waals surface area contributed by atoms with Crippen molar-refractivity contribution >= 4 is 53.7 Å². The third-order valence-electron chi connectivity index (χ3n) is 5.44. The van der Waals surface area contributed by atoms with Crippen LogP contribution in [0.1, 0.15) is 11.8 Å². The van der Waals surface area contributed by atoms with E-state index in [0.29, 0.717) is 5.75 Å². The Balaban J connectivity index is 0.00000216. The van der Waals surface area contributed by atoms with E-state index in [-0.39, 0.29) is 53.7 Å². The summed E-state index contributed by atoms with van der Waals surface area (Å²) in [5.74, 6) is -1.20. The molecule has 0 unspecified atom stereocenters. The smallest absolute Gasteiger partial charge is 0.335 e. The van der Waals surface area contributed by atoms with Crippen LogP contribution in [0.5, 0.6) is 5.75 Å².